The van der Waals surface area contributed by atoms with E-state index < -0.39 is 0 Å². The molecule has 3 rings (SSSR count). The smallest absolute Gasteiger partial charge is 0.195 e. The number of hydrogen-bond donors (Lipinski definition) is 2. The van der Waals surface area contributed by atoms with Crippen molar-refractivity contribution in [2.45, 2.75) is 38.5 Å². The average molecular weight is 244 g/mol. The van der Waals surface area contributed by atoms with Gasteiger partial charge in [0.25, 0.3) is 0 Å². The number of rotatable bonds is 1. The summed E-state index contributed by atoms with van der Waals surface area (Å²) in [6.07, 6.45) is 5.55. The fourth-order valence-corrected chi connectivity index (χ4v) is 2.84. The Kier molecular flexibility index (Phi) is 2.73. The largest absolute Gasteiger partial charge is 0.354 e. The zero-order chi connectivity index (χ0) is 12.6. The number of aryl methyl sites for hydroxylation is 1. The Morgan fingerprint density at radius 1 is 1.39 bits per heavy atom. The van der Waals surface area contributed by atoms with Crippen LogP contribution in [0.4, 0.5) is 5.69 Å². The molecule has 0 saturated heterocycles. The van der Waals surface area contributed by atoms with Gasteiger partial charge in [-0.15, -0.1) is 0 Å². The minimum atomic E-state index is 0.217. The van der Waals surface area contributed by atoms with Crippen molar-refractivity contribution in [2.24, 2.45) is 4.99 Å². The van der Waals surface area contributed by atoms with Gasteiger partial charge in [-0.2, -0.15) is 0 Å². The molecule has 4 nitrogen and oxygen atoms in total. The van der Waals surface area contributed by atoms with E-state index >= 15 is 0 Å². The van der Waals surface area contributed by atoms with Gasteiger partial charge in [0.15, 0.2) is 5.96 Å². The van der Waals surface area contributed by atoms with E-state index in [-0.39, 0.29) is 5.41 Å². The number of pyridine rings is 1. The van der Waals surface area contributed by atoms with Crippen molar-refractivity contribution in [1.82, 2.24) is 10.3 Å². The molecular weight excluding hydrogens is 224 g/mol. The van der Waals surface area contributed by atoms with Crippen molar-refractivity contribution in [1.29, 1.82) is 0 Å². The lowest BCUT2D eigenvalue weighted by molar-refractivity contribution is 0.418. The van der Waals surface area contributed by atoms with E-state index in [0.717, 1.165) is 31.2 Å². The van der Waals surface area contributed by atoms with Crippen LogP contribution < -0.4 is 10.6 Å². The Labute approximate surface area is 108 Å². The van der Waals surface area contributed by atoms with Gasteiger partial charge in [0.2, 0.25) is 0 Å². The molecule has 2 N–H and O–H groups in total. The molecule has 1 aromatic heterocycles. The molecule has 1 aromatic rings. The van der Waals surface area contributed by atoms with Gasteiger partial charge in [-0.3, -0.25) is 9.98 Å². The molecular formula is C14H20N4. The normalized spacial score (nSPS) is 20.9. The van der Waals surface area contributed by atoms with E-state index in [1.54, 1.807) is 0 Å². The van der Waals surface area contributed by atoms with Gasteiger partial charge in [0, 0.05) is 17.7 Å². The third-order valence-corrected chi connectivity index (χ3v) is 3.79. The van der Waals surface area contributed by atoms with Crippen LogP contribution in [0.25, 0.3) is 0 Å². The molecule has 0 bridgehead atoms. The molecule has 2 heterocycles. The molecule has 0 amide bonds. The maximum atomic E-state index is 4.67. The number of guanidine groups is 1. The second kappa shape index (κ2) is 4.26. The van der Waals surface area contributed by atoms with Gasteiger partial charge >= 0.3 is 0 Å². The van der Waals surface area contributed by atoms with E-state index in [4.69, 9.17) is 0 Å². The van der Waals surface area contributed by atoms with Crippen molar-refractivity contribution in [3.63, 3.8) is 0 Å². The summed E-state index contributed by atoms with van der Waals surface area (Å²) in [4.78, 5) is 9.01. The lowest BCUT2D eigenvalue weighted by Gasteiger charge is -2.31. The van der Waals surface area contributed by atoms with Crippen molar-refractivity contribution in [3.8, 4) is 0 Å². The highest BCUT2D eigenvalue weighted by molar-refractivity contribution is 5.94. The summed E-state index contributed by atoms with van der Waals surface area (Å²) in [5.74, 6) is 0.867. The molecule has 0 fully saturated rings. The highest BCUT2D eigenvalue weighted by Gasteiger charge is 2.28. The van der Waals surface area contributed by atoms with E-state index in [1.165, 1.54) is 24.1 Å². The summed E-state index contributed by atoms with van der Waals surface area (Å²) in [7, 11) is 0. The first kappa shape index (κ1) is 11.5. The maximum absolute atomic E-state index is 4.67. The number of hydrogen-bond acceptors (Lipinski definition) is 4. The fraction of sp³-hybridized carbons (Fsp3) is 0.571. The third-order valence-electron chi connectivity index (χ3n) is 3.79. The minimum absolute atomic E-state index is 0.217. The Morgan fingerprint density at radius 3 is 3.06 bits per heavy atom. The SMILES string of the molecule is CC1(C)CCCc2cc(NC3=NCCN3)cnc21. The summed E-state index contributed by atoms with van der Waals surface area (Å²) >= 11 is 0. The summed E-state index contributed by atoms with van der Waals surface area (Å²) < 4.78 is 0. The number of nitrogens with zero attached hydrogens (tertiary/aromatic N) is 2. The predicted octanol–water partition coefficient (Wildman–Crippen LogP) is 2.07. The Bertz CT molecular complexity index is 491. The lowest BCUT2D eigenvalue weighted by atomic mass is 9.76. The van der Waals surface area contributed by atoms with E-state index in [0.29, 0.717) is 0 Å². The maximum Gasteiger partial charge on any atom is 0.195 e. The van der Waals surface area contributed by atoms with Crippen molar-refractivity contribution in [3.05, 3.63) is 23.5 Å². The van der Waals surface area contributed by atoms with Crippen LogP contribution in [0.15, 0.2) is 17.3 Å². The Hall–Kier alpha value is -1.58. The van der Waals surface area contributed by atoms with Crippen molar-refractivity contribution in [2.75, 3.05) is 18.4 Å². The standard InChI is InChI=1S/C14H20N4/c1-14(2)5-3-4-10-8-11(9-17-12(10)14)18-13-15-6-7-16-13/h8-9H,3-7H2,1-2H3,(H2,15,16,18). The second-order valence-corrected chi connectivity index (χ2v) is 5.75. The minimum Gasteiger partial charge on any atom is -0.354 e. The molecule has 4 heteroatoms. The summed E-state index contributed by atoms with van der Waals surface area (Å²) in [5, 5.41) is 6.51. The molecule has 1 aliphatic carbocycles. The predicted molar refractivity (Wildman–Crippen MR) is 74.1 cm³/mol. The van der Waals surface area contributed by atoms with Gasteiger partial charge in [-0.1, -0.05) is 13.8 Å². The van der Waals surface area contributed by atoms with Gasteiger partial charge < -0.3 is 10.6 Å². The number of fused-ring (bicyclic) bond motifs is 1. The van der Waals surface area contributed by atoms with Crippen LogP contribution in [0.3, 0.4) is 0 Å². The van der Waals surface area contributed by atoms with E-state index in [1.807, 2.05) is 6.20 Å². The van der Waals surface area contributed by atoms with Gasteiger partial charge in [0.05, 0.1) is 18.4 Å². The number of aliphatic imine (C=N–C) groups is 1. The van der Waals surface area contributed by atoms with Gasteiger partial charge in [0.1, 0.15) is 0 Å². The molecule has 2 aliphatic rings. The highest BCUT2D eigenvalue weighted by Crippen LogP contribution is 2.35. The Balaban J connectivity index is 1.86. The molecule has 18 heavy (non-hydrogen) atoms. The summed E-state index contributed by atoms with van der Waals surface area (Å²) in [5.41, 5.74) is 3.91. The molecule has 0 saturated carbocycles. The first-order valence-electron chi connectivity index (χ1n) is 6.70. The quantitative estimate of drug-likeness (QED) is 0.795. The molecule has 0 unspecified atom stereocenters. The van der Waals surface area contributed by atoms with Gasteiger partial charge in [-0.25, -0.2) is 0 Å². The zero-order valence-corrected chi connectivity index (χ0v) is 11.1. The molecule has 0 atom stereocenters. The highest BCUT2D eigenvalue weighted by atomic mass is 15.2. The van der Waals surface area contributed by atoms with Gasteiger partial charge in [-0.05, 0) is 30.9 Å². The van der Waals surface area contributed by atoms with Crippen molar-refractivity contribution < 1.29 is 0 Å². The van der Waals surface area contributed by atoms with Crippen molar-refractivity contribution >= 4 is 11.6 Å². The van der Waals surface area contributed by atoms with Crippen LogP contribution in [-0.2, 0) is 11.8 Å². The van der Waals surface area contributed by atoms with E-state index in [2.05, 4.69) is 40.5 Å². The monoisotopic (exact) mass is 244 g/mol. The first-order valence-corrected chi connectivity index (χ1v) is 6.70. The van der Waals surface area contributed by atoms with Crippen LogP contribution in [-0.4, -0.2) is 24.0 Å². The summed E-state index contributed by atoms with van der Waals surface area (Å²) in [6.45, 7) is 6.35. The second-order valence-electron chi connectivity index (χ2n) is 5.75. The van der Waals surface area contributed by atoms with E-state index in [9.17, 15) is 0 Å². The summed E-state index contributed by atoms with van der Waals surface area (Å²) in [6, 6.07) is 2.23. The zero-order valence-electron chi connectivity index (χ0n) is 11.1. The van der Waals surface area contributed by atoms with Crippen LogP contribution in [0.5, 0.6) is 0 Å². The van der Waals surface area contributed by atoms with Crippen LogP contribution in [0.1, 0.15) is 37.9 Å². The lowest BCUT2D eigenvalue weighted by Crippen LogP contribution is -2.28. The Morgan fingerprint density at radius 2 is 2.28 bits per heavy atom. The number of nitrogens with one attached hydrogen (secondary N) is 2. The number of anilines is 1. The molecule has 0 aromatic carbocycles. The number of aromatic nitrogens is 1. The first-order chi connectivity index (χ1) is 8.65. The van der Waals surface area contributed by atoms with Crippen LogP contribution in [0.2, 0.25) is 0 Å². The topological polar surface area (TPSA) is 49.3 Å². The van der Waals surface area contributed by atoms with Crippen LogP contribution in [0, 0.1) is 0 Å². The molecule has 96 valence electrons. The fourth-order valence-electron chi connectivity index (χ4n) is 2.84. The molecule has 0 radical (unpaired) electrons. The third kappa shape index (κ3) is 2.07. The molecule has 0 spiro atoms. The van der Waals surface area contributed by atoms with Crippen LogP contribution >= 0.6 is 0 Å². The average Bonchev–Trinajstić information content (AvgIpc) is 2.81. The molecule has 1 aliphatic heterocycles.